The smallest absolute Gasteiger partial charge is 0.302 e. The number of anilines is 1. The van der Waals surface area contributed by atoms with Crippen molar-refractivity contribution in [2.45, 2.75) is 6.04 Å². The normalized spacial score (nSPS) is 20.8. The van der Waals surface area contributed by atoms with Crippen LogP contribution >= 0.6 is 0 Å². The number of hydrogen-bond acceptors (Lipinski definition) is 5. The maximum atomic E-state index is 12.0. The van der Waals surface area contributed by atoms with Gasteiger partial charge in [0.1, 0.15) is 17.8 Å². The summed E-state index contributed by atoms with van der Waals surface area (Å²) < 4.78 is 27.1. The number of phenols is 2. The van der Waals surface area contributed by atoms with E-state index in [0.29, 0.717) is 17.1 Å². The van der Waals surface area contributed by atoms with Crippen LogP contribution in [0.1, 0.15) is 0 Å². The van der Waals surface area contributed by atoms with E-state index in [9.17, 15) is 23.4 Å². The molecule has 0 aromatic heterocycles. The topological polar surface area (TPSA) is 107 Å². The summed E-state index contributed by atoms with van der Waals surface area (Å²) in [6.45, 7) is -0.0935. The van der Waals surface area contributed by atoms with Crippen molar-refractivity contribution in [1.29, 1.82) is 0 Å². The van der Waals surface area contributed by atoms with Crippen molar-refractivity contribution in [1.82, 2.24) is 4.72 Å². The Labute approximate surface area is 120 Å². The Morgan fingerprint density at radius 1 is 1.19 bits per heavy atom. The number of hydrogen-bond donors (Lipinski definition) is 3. The van der Waals surface area contributed by atoms with Gasteiger partial charge < -0.3 is 15.0 Å². The molecule has 0 bridgehead atoms. The molecule has 1 unspecified atom stereocenters. The largest absolute Gasteiger partial charge is 0.508 e. The highest BCUT2D eigenvalue weighted by atomic mass is 32.2. The summed E-state index contributed by atoms with van der Waals surface area (Å²) in [5.41, 5.74) is 0.0601. The van der Waals surface area contributed by atoms with Crippen molar-refractivity contribution >= 4 is 33.0 Å². The fourth-order valence-corrected chi connectivity index (χ4v) is 3.73. The second-order valence-corrected chi connectivity index (χ2v) is 6.40. The fraction of sp³-hybridized carbons (Fsp3) is 0.154. The van der Waals surface area contributed by atoms with Gasteiger partial charge in [-0.15, -0.1) is 0 Å². The number of aldehydes is 1. The number of carbonyl (C=O) groups is 1. The molecule has 3 rings (SSSR count). The number of nitrogens with one attached hydrogen (secondary N) is 1. The van der Waals surface area contributed by atoms with Crippen LogP contribution in [-0.4, -0.2) is 37.5 Å². The predicted molar refractivity (Wildman–Crippen MR) is 76.5 cm³/mol. The molecule has 2 aromatic rings. The van der Waals surface area contributed by atoms with Gasteiger partial charge in [0.25, 0.3) is 0 Å². The molecule has 8 heteroatoms. The summed E-state index contributed by atoms with van der Waals surface area (Å²) in [5, 5.41) is 20.8. The van der Waals surface area contributed by atoms with Crippen molar-refractivity contribution in [3.8, 4) is 11.5 Å². The van der Waals surface area contributed by atoms with Crippen LogP contribution in [0.2, 0.25) is 0 Å². The quantitative estimate of drug-likeness (QED) is 0.699. The zero-order valence-corrected chi connectivity index (χ0v) is 11.5. The van der Waals surface area contributed by atoms with E-state index in [2.05, 4.69) is 4.72 Å². The van der Waals surface area contributed by atoms with Crippen LogP contribution in [-0.2, 0) is 15.0 Å². The Morgan fingerprint density at radius 2 is 1.95 bits per heavy atom. The first kappa shape index (κ1) is 13.7. The fourth-order valence-electron chi connectivity index (χ4n) is 2.33. The number of phenolic OH excluding ortho intramolecular Hbond substituents is 2. The van der Waals surface area contributed by atoms with Gasteiger partial charge in [-0.2, -0.15) is 13.1 Å². The number of fused-ring (bicyclic) bond motifs is 1. The van der Waals surface area contributed by atoms with Crippen LogP contribution in [0, 0.1) is 0 Å². The minimum Gasteiger partial charge on any atom is -0.508 e. The molecule has 0 spiro atoms. The van der Waals surface area contributed by atoms with Crippen molar-refractivity contribution in [2.75, 3.05) is 10.8 Å². The Morgan fingerprint density at radius 3 is 2.62 bits per heavy atom. The van der Waals surface area contributed by atoms with Gasteiger partial charge in [-0.05, 0) is 35.0 Å². The summed E-state index contributed by atoms with van der Waals surface area (Å²) in [6.07, 6.45) is 0.501. The lowest BCUT2D eigenvalue weighted by molar-refractivity contribution is -0.108. The molecular weight excluding hydrogens is 296 g/mol. The summed E-state index contributed by atoms with van der Waals surface area (Å²) in [7, 11) is -3.87. The highest BCUT2D eigenvalue weighted by Crippen LogP contribution is 2.36. The van der Waals surface area contributed by atoms with Gasteiger partial charge in [0, 0.05) is 0 Å². The maximum absolute atomic E-state index is 12.0. The summed E-state index contributed by atoms with van der Waals surface area (Å²) >= 11 is 0. The Balaban J connectivity index is 2.16. The van der Waals surface area contributed by atoms with Crippen molar-refractivity contribution in [3.63, 3.8) is 0 Å². The molecule has 21 heavy (non-hydrogen) atoms. The highest BCUT2D eigenvalue weighted by Gasteiger charge is 2.36. The van der Waals surface area contributed by atoms with E-state index in [1.165, 1.54) is 24.3 Å². The number of aromatic hydroxyl groups is 2. The van der Waals surface area contributed by atoms with Crippen LogP contribution in [0.25, 0.3) is 10.8 Å². The molecule has 2 aromatic carbocycles. The number of rotatable bonds is 2. The van der Waals surface area contributed by atoms with Gasteiger partial charge in [-0.25, -0.2) is 0 Å². The second-order valence-electron chi connectivity index (χ2n) is 4.77. The summed E-state index contributed by atoms with van der Waals surface area (Å²) in [5.74, 6) is -0.183. The summed E-state index contributed by atoms with van der Waals surface area (Å²) in [4.78, 5) is 10.8. The average molecular weight is 308 g/mol. The van der Waals surface area contributed by atoms with Gasteiger partial charge in [0.2, 0.25) is 0 Å². The standard InChI is InChI=1S/C13H12N2O5S/c16-7-10-6-15(21(19,20)14-10)12-4-9-3-11(17)2-1-8(9)5-13(12)18/h1-5,7,10,14,17-18H,6H2. The third kappa shape index (κ3) is 2.28. The maximum Gasteiger partial charge on any atom is 0.302 e. The predicted octanol–water partition coefficient (Wildman–Crippen LogP) is 0.473. The minimum atomic E-state index is -3.87. The molecule has 0 saturated carbocycles. The van der Waals surface area contributed by atoms with Crippen molar-refractivity contribution in [2.24, 2.45) is 0 Å². The Bertz CT molecular complexity index is 834. The van der Waals surface area contributed by atoms with Crippen LogP contribution < -0.4 is 9.03 Å². The summed E-state index contributed by atoms with van der Waals surface area (Å²) in [6, 6.07) is 6.56. The van der Waals surface area contributed by atoms with E-state index in [-0.39, 0.29) is 23.7 Å². The van der Waals surface area contributed by atoms with E-state index in [4.69, 9.17) is 0 Å². The third-order valence-corrected chi connectivity index (χ3v) is 4.83. The van der Waals surface area contributed by atoms with E-state index >= 15 is 0 Å². The molecule has 0 amide bonds. The number of benzene rings is 2. The lowest BCUT2D eigenvalue weighted by Gasteiger charge is -2.18. The zero-order chi connectivity index (χ0) is 15.2. The molecule has 0 aliphatic carbocycles. The molecule has 1 heterocycles. The Hall–Kier alpha value is -2.32. The monoisotopic (exact) mass is 308 g/mol. The number of nitrogens with zero attached hydrogens (tertiary/aromatic N) is 1. The molecule has 1 fully saturated rings. The first-order chi connectivity index (χ1) is 9.90. The molecule has 1 atom stereocenters. The molecule has 0 radical (unpaired) electrons. The molecule has 1 saturated heterocycles. The van der Waals surface area contributed by atoms with Gasteiger partial charge in [0.05, 0.1) is 18.3 Å². The first-order valence-electron chi connectivity index (χ1n) is 6.12. The van der Waals surface area contributed by atoms with Gasteiger partial charge in [0.15, 0.2) is 0 Å². The van der Waals surface area contributed by atoms with E-state index < -0.39 is 16.3 Å². The van der Waals surface area contributed by atoms with Crippen LogP contribution in [0.4, 0.5) is 5.69 Å². The molecular formula is C13H12N2O5S. The molecule has 1 aliphatic heterocycles. The van der Waals surface area contributed by atoms with Crippen LogP contribution in [0.5, 0.6) is 11.5 Å². The average Bonchev–Trinajstić information content (AvgIpc) is 2.73. The molecule has 7 nitrogen and oxygen atoms in total. The lowest BCUT2D eigenvalue weighted by Crippen LogP contribution is -2.30. The molecule has 1 aliphatic rings. The SMILES string of the molecule is O=CC1CN(c2cc3cc(O)ccc3cc2O)S(=O)(=O)N1. The van der Waals surface area contributed by atoms with Crippen LogP contribution in [0.3, 0.4) is 0 Å². The first-order valence-corrected chi connectivity index (χ1v) is 7.56. The zero-order valence-electron chi connectivity index (χ0n) is 10.7. The van der Waals surface area contributed by atoms with E-state index in [0.717, 1.165) is 4.31 Å². The van der Waals surface area contributed by atoms with Gasteiger partial charge in [-0.3, -0.25) is 4.31 Å². The van der Waals surface area contributed by atoms with Crippen molar-refractivity contribution in [3.05, 3.63) is 30.3 Å². The Kier molecular flexibility index (Phi) is 2.99. The lowest BCUT2D eigenvalue weighted by atomic mass is 10.1. The van der Waals surface area contributed by atoms with Crippen LogP contribution in [0.15, 0.2) is 30.3 Å². The highest BCUT2D eigenvalue weighted by molar-refractivity contribution is 7.91. The third-order valence-electron chi connectivity index (χ3n) is 3.30. The van der Waals surface area contributed by atoms with Crippen molar-refractivity contribution < 1.29 is 23.4 Å². The minimum absolute atomic E-state index is 0.0345. The number of carbonyl (C=O) groups excluding carboxylic acids is 1. The molecule has 110 valence electrons. The van der Waals surface area contributed by atoms with Gasteiger partial charge in [-0.1, -0.05) is 6.07 Å². The van der Waals surface area contributed by atoms with Gasteiger partial charge >= 0.3 is 10.2 Å². The van der Waals surface area contributed by atoms with E-state index in [1.807, 2.05) is 0 Å². The second kappa shape index (κ2) is 4.61. The van der Waals surface area contributed by atoms with E-state index in [1.54, 1.807) is 6.07 Å². The molecule has 3 N–H and O–H groups in total.